The molecule has 1 aromatic rings. The Hall–Kier alpha value is -2.34. The zero-order valence-electron chi connectivity index (χ0n) is 11.9. The maximum absolute atomic E-state index is 12.9. The van der Waals surface area contributed by atoms with Gasteiger partial charge in [-0.2, -0.15) is 8.42 Å². The molecular formula is C17H16NO2S+. The number of terminal acetylenes is 1. The number of para-hydroxylation sites is 1. The first-order chi connectivity index (χ1) is 9.98. The Labute approximate surface area is 126 Å². The number of sulfonamides is 1. The fourth-order valence-electron chi connectivity index (χ4n) is 2.12. The molecule has 4 heteroatoms. The smallest absolute Gasteiger partial charge is 0.260 e. The van der Waals surface area contributed by atoms with Gasteiger partial charge in [-0.3, -0.25) is 4.31 Å². The van der Waals surface area contributed by atoms with E-state index in [0.717, 1.165) is 0 Å². The highest BCUT2D eigenvalue weighted by molar-refractivity contribution is 7.96. The van der Waals surface area contributed by atoms with Crippen molar-refractivity contribution in [3.05, 3.63) is 65.1 Å². The van der Waals surface area contributed by atoms with Crippen molar-refractivity contribution in [1.82, 2.24) is 0 Å². The third-order valence-electron chi connectivity index (χ3n) is 2.98. The van der Waals surface area contributed by atoms with E-state index in [1.807, 2.05) is 13.8 Å². The van der Waals surface area contributed by atoms with Crippen molar-refractivity contribution in [2.45, 2.75) is 19.9 Å². The Balaban J connectivity index is 2.60. The predicted octanol–water partition coefficient (Wildman–Crippen LogP) is 3.03. The van der Waals surface area contributed by atoms with Crippen molar-refractivity contribution in [3.63, 3.8) is 0 Å². The van der Waals surface area contributed by atoms with Crippen molar-refractivity contribution in [3.8, 4) is 12.3 Å². The Kier molecular flexibility index (Phi) is 4.28. The van der Waals surface area contributed by atoms with Gasteiger partial charge in [-0.25, -0.2) is 0 Å². The average molecular weight is 298 g/mol. The van der Waals surface area contributed by atoms with Gasteiger partial charge in [0.05, 0.1) is 23.9 Å². The van der Waals surface area contributed by atoms with Crippen LogP contribution in [0.5, 0.6) is 0 Å². The zero-order valence-corrected chi connectivity index (χ0v) is 12.8. The Bertz CT molecular complexity index is 762. The van der Waals surface area contributed by atoms with Crippen molar-refractivity contribution in [2.24, 2.45) is 0 Å². The van der Waals surface area contributed by atoms with E-state index in [0.29, 0.717) is 11.3 Å². The second-order valence-electron chi connectivity index (χ2n) is 4.78. The SMILES string of the molecule is C#Cc1ccccc1N(C(C)C)S(=O)(=O)C1=CC=CC=[C+]1. The maximum Gasteiger partial charge on any atom is 0.298 e. The molecule has 1 aliphatic rings. The number of anilines is 1. The fraction of sp³-hybridized carbons (Fsp3) is 0.176. The fourth-order valence-corrected chi connectivity index (χ4v) is 3.77. The van der Waals surface area contributed by atoms with Crippen LogP contribution in [0.3, 0.4) is 0 Å². The maximum atomic E-state index is 12.9. The minimum absolute atomic E-state index is 0.130. The molecule has 0 aromatic heterocycles. The molecule has 0 spiro atoms. The quantitative estimate of drug-likeness (QED) is 0.633. The van der Waals surface area contributed by atoms with E-state index in [4.69, 9.17) is 6.42 Å². The summed E-state index contributed by atoms with van der Waals surface area (Å²) in [4.78, 5) is 0.130. The van der Waals surface area contributed by atoms with Gasteiger partial charge in [0.2, 0.25) is 4.91 Å². The minimum atomic E-state index is -3.70. The topological polar surface area (TPSA) is 37.4 Å². The summed E-state index contributed by atoms with van der Waals surface area (Å²) < 4.78 is 27.1. The van der Waals surface area contributed by atoms with Gasteiger partial charge in [-0.1, -0.05) is 18.1 Å². The standard InChI is InChI=1S/C17H16NO2S/c1-4-15-10-8-9-13-17(15)18(14(2)3)21(19,20)16-11-6-5-7-12-16/h1,5-11,13-14H,2-3H3/q+1. The highest BCUT2D eigenvalue weighted by Gasteiger charge is 2.33. The van der Waals surface area contributed by atoms with Crippen molar-refractivity contribution < 1.29 is 8.42 Å². The van der Waals surface area contributed by atoms with Crippen LogP contribution in [0.15, 0.2) is 53.5 Å². The Morgan fingerprint density at radius 2 is 1.95 bits per heavy atom. The molecule has 0 atom stereocenters. The zero-order chi connectivity index (χ0) is 15.5. The summed E-state index contributed by atoms with van der Waals surface area (Å²) in [7, 11) is -3.70. The van der Waals surface area contributed by atoms with Crippen LogP contribution < -0.4 is 4.31 Å². The lowest BCUT2D eigenvalue weighted by Gasteiger charge is -2.28. The van der Waals surface area contributed by atoms with Gasteiger partial charge in [-0.05, 0) is 26.0 Å². The summed E-state index contributed by atoms with van der Waals surface area (Å²) in [5, 5.41) is 0. The highest BCUT2D eigenvalue weighted by atomic mass is 32.2. The minimum Gasteiger partial charge on any atom is -0.260 e. The predicted molar refractivity (Wildman–Crippen MR) is 85.9 cm³/mol. The molecule has 0 heterocycles. The van der Waals surface area contributed by atoms with Crippen molar-refractivity contribution in [2.75, 3.05) is 4.31 Å². The van der Waals surface area contributed by atoms with E-state index < -0.39 is 10.0 Å². The van der Waals surface area contributed by atoms with Crippen LogP contribution in [-0.2, 0) is 10.0 Å². The van der Waals surface area contributed by atoms with Gasteiger partial charge >= 0.3 is 0 Å². The van der Waals surface area contributed by atoms with Crippen LogP contribution in [0, 0.1) is 18.4 Å². The van der Waals surface area contributed by atoms with Gasteiger partial charge < -0.3 is 0 Å². The lowest BCUT2D eigenvalue weighted by Crippen LogP contribution is -2.38. The second kappa shape index (κ2) is 5.97. The molecule has 0 bridgehead atoms. The third-order valence-corrected chi connectivity index (χ3v) is 4.93. The molecule has 2 rings (SSSR count). The third kappa shape index (κ3) is 2.90. The van der Waals surface area contributed by atoms with Crippen LogP contribution in [-0.4, -0.2) is 14.5 Å². The molecule has 0 unspecified atom stereocenters. The normalized spacial score (nSPS) is 13.5. The lowest BCUT2D eigenvalue weighted by atomic mass is 10.2. The summed E-state index contributed by atoms with van der Waals surface area (Å²) in [6.45, 7) is 3.63. The van der Waals surface area contributed by atoms with E-state index in [-0.39, 0.29) is 10.9 Å². The first-order valence-corrected chi connectivity index (χ1v) is 7.99. The van der Waals surface area contributed by atoms with Crippen LogP contribution in [0.2, 0.25) is 0 Å². The lowest BCUT2D eigenvalue weighted by molar-refractivity contribution is 0.591. The number of rotatable bonds is 4. The Morgan fingerprint density at radius 3 is 2.52 bits per heavy atom. The summed E-state index contributed by atoms with van der Waals surface area (Å²) in [6.07, 6.45) is 14.8. The molecule has 106 valence electrons. The van der Waals surface area contributed by atoms with E-state index in [1.54, 1.807) is 42.5 Å². The second-order valence-corrected chi connectivity index (χ2v) is 6.57. The Morgan fingerprint density at radius 1 is 1.24 bits per heavy atom. The molecule has 0 saturated carbocycles. The van der Waals surface area contributed by atoms with Crippen LogP contribution >= 0.6 is 0 Å². The van der Waals surface area contributed by atoms with E-state index >= 15 is 0 Å². The van der Waals surface area contributed by atoms with E-state index in [2.05, 4.69) is 12.0 Å². The van der Waals surface area contributed by atoms with Crippen molar-refractivity contribution in [1.29, 1.82) is 0 Å². The van der Waals surface area contributed by atoms with Gasteiger partial charge in [0, 0.05) is 17.7 Å². The van der Waals surface area contributed by atoms with Crippen LogP contribution in [0.1, 0.15) is 19.4 Å². The van der Waals surface area contributed by atoms with Crippen LogP contribution in [0.4, 0.5) is 5.69 Å². The molecule has 3 nitrogen and oxygen atoms in total. The van der Waals surface area contributed by atoms with Gasteiger partial charge in [0.25, 0.3) is 10.0 Å². The molecule has 1 aromatic carbocycles. The van der Waals surface area contributed by atoms with Crippen LogP contribution in [0.25, 0.3) is 0 Å². The largest absolute Gasteiger partial charge is 0.298 e. The van der Waals surface area contributed by atoms with Gasteiger partial charge in [-0.15, -0.1) is 6.42 Å². The molecule has 0 radical (unpaired) electrons. The molecule has 0 fully saturated rings. The summed E-state index contributed by atoms with van der Waals surface area (Å²) >= 11 is 0. The molecule has 0 aliphatic heterocycles. The van der Waals surface area contributed by atoms with Crippen molar-refractivity contribution >= 4 is 15.7 Å². The van der Waals surface area contributed by atoms with E-state index in [1.165, 1.54) is 10.4 Å². The molecule has 0 saturated heterocycles. The first kappa shape index (κ1) is 15.1. The molecule has 21 heavy (non-hydrogen) atoms. The molecule has 0 amide bonds. The summed E-state index contributed by atoms with van der Waals surface area (Å²) in [6, 6.07) is 6.75. The number of benzene rings is 1. The van der Waals surface area contributed by atoms with Gasteiger partial charge in [0.15, 0.2) is 0 Å². The van der Waals surface area contributed by atoms with E-state index in [9.17, 15) is 8.42 Å². The number of nitrogens with zero attached hydrogens (tertiary/aromatic N) is 1. The number of hydrogen-bond acceptors (Lipinski definition) is 2. The molecule has 1 aliphatic carbocycles. The highest BCUT2D eigenvalue weighted by Crippen LogP contribution is 2.29. The summed E-state index contributed by atoms with van der Waals surface area (Å²) in [5.41, 5.74) is 1.05. The number of allylic oxidation sites excluding steroid dienone is 5. The monoisotopic (exact) mass is 298 g/mol. The number of hydrogen-bond donors (Lipinski definition) is 0. The first-order valence-electron chi connectivity index (χ1n) is 6.55. The van der Waals surface area contributed by atoms with Gasteiger partial charge in [0.1, 0.15) is 6.08 Å². The summed E-state index contributed by atoms with van der Waals surface area (Å²) in [5.74, 6) is 2.54. The average Bonchev–Trinajstić information content (AvgIpc) is 2.48. The molecule has 0 N–H and O–H groups in total. The molecular weight excluding hydrogens is 282 g/mol.